The van der Waals surface area contributed by atoms with Gasteiger partial charge in [0.2, 0.25) is 5.91 Å². The molecule has 0 aromatic carbocycles. The minimum absolute atomic E-state index is 0.0647. The SMILES string of the molecule is CSCCC(NC(N)=O)C(=O)N(CCCO)C1CCC1. The number of hydrogen-bond donors (Lipinski definition) is 3. The van der Waals surface area contributed by atoms with Crippen molar-refractivity contribution in [2.75, 3.05) is 25.2 Å². The number of thioether (sulfide) groups is 1. The molecule has 1 rings (SSSR count). The van der Waals surface area contributed by atoms with Crippen LogP contribution in [0.4, 0.5) is 4.79 Å². The normalized spacial score (nSPS) is 16.3. The molecule has 1 fully saturated rings. The van der Waals surface area contributed by atoms with Crippen molar-refractivity contribution >= 4 is 23.7 Å². The summed E-state index contributed by atoms with van der Waals surface area (Å²) in [7, 11) is 0. The molecule has 1 atom stereocenters. The van der Waals surface area contributed by atoms with E-state index in [0.717, 1.165) is 25.0 Å². The van der Waals surface area contributed by atoms with E-state index in [0.29, 0.717) is 19.4 Å². The smallest absolute Gasteiger partial charge is 0.312 e. The summed E-state index contributed by atoms with van der Waals surface area (Å²) in [6.45, 7) is 0.603. The summed E-state index contributed by atoms with van der Waals surface area (Å²) in [5.41, 5.74) is 5.16. The summed E-state index contributed by atoms with van der Waals surface area (Å²) in [5, 5.41) is 11.5. The van der Waals surface area contributed by atoms with Crippen LogP contribution < -0.4 is 11.1 Å². The van der Waals surface area contributed by atoms with Gasteiger partial charge >= 0.3 is 6.03 Å². The summed E-state index contributed by atoms with van der Waals surface area (Å²) in [4.78, 5) is 25.5. The fraction of sp³-hybridized carbons (Fsp3) is 0.846. The third-order valence-corrected chi connectivity index (χ3v) is 4.22. The van der Waals surface area contributed by atoms with E-state index in [1.54, 1.807) is 16.7 Å². The number of hydrogen-bond acceptors (Lipinski definition) is 4. The van der Waals surface area contributed by atoms with Gasteiger partial charge in [0.05, 0.1) is 0 Å². The molecule has 3 amide bonds. The number of nitrogens with two attached hydrogens (primary N) is 1. The Morgan fingerprint density at radius 3 is 2.65 bits per heavy atom. The lowest BCUT2D eigenvalue weighted by atomic mass is 9.90. The average molecular weight is 303 g/mol. The lowest BCUT2D eigenvalue weighted by Gasteiger charge is -2.39. The lowest BCUT2D eigenvalue weighted by Crippen LogP contribution is -2.54. The summed E-state index contributed by atoms with van der Waals surface area (Å²) in [6, 6.07) is -0.972. The molecule has 7 heteroatoms. The van der Waals surface area contributed by atoms with Crippen LogP contribution in [0, 0.1) is 0 Å². The van der Waals surface area contributed by atoms with Crippen molar-refractivity contribution in [3.05, 3.63) is 0 Å². The zero-order valence-corrected chi connectivity index (χ0v) is 12.8. The van der Waals surface area contributed by atoms with Crippen molar-refractivity contribution in [3.63, 3.8) is 0 Å². The van der Waals surface area contributed by atoms with E-state index in [1.807, 2.05) is 6.26 Å². The molecule has 0 bridgehead atoms. The Labute approximate surface area is 124 Å². The van der Waals surface area contributed by atoms with Gasteiger partial charge in [-0.1, -0.05) is 0 Å². The van der Waals surface area contributed by atoms with Crippen LogP contribution in [0.25, 0.3) is 0 Å². The molecule has 0 saturated heterocycles. The zero-order chi connectivity index (χ0) is 15.0. The van der Waals surface area contributed by atoms with Crippen molar-refractivity contribution in [2.24, 2.45) is 5.73 Å². The fourth-order valence-corrected chi connectivity index (χ4v) is 2.75. The first kappa shape index (κ1) is 17.1. The van der Waals surface area contributed by atoms with Crippen LogP contribution in [0.1, 0.15) is 32.1 Å². The quantitative estimate of drug-likeness (QED) is 0.579. The van der Waals surface area contributed by atoms with Gasteiger partial charge in [0.1, 0.15) is 6.04 Å². The van der Waals surface area contributed by atoms with Crippen LogP contribution in [0.2, 0.25) is 0 Å². The van der Waals surface area contributed by atoms with Crippen molar-refractivity contribution in [3.8, 4) is 0 Å². The van der Waals surface area contributed by atoms with Gasteiger partial charge in [-0.2, -0.15) is 11.8 Å². The molecule has 0 aromatic rings. The Hall–Kier alpha value is -0.950. The van der Waals surface area contributed by atoms with Gasteiger partial charge in [-0.25, -0.2) is 4.79 Å². The molecule has 0 heterocycles. The Bertz CT molecular complexity index is 324. The molecule has 6 nitrogen and oxygen atoms in total. The number of aliphatic hydroxyl groups excluding tert-OH is 1. The molecule has 0 aliphatic heterocycles. The summed E-state index contributed by atoms with van der Waals surface area (Å²) in [5.74, 6) is 0.714. The van der Waals surface area contributed by atoms with Gasteiger partial charge in [-0.05, 0) is 44.1 Å². The fourth-order valence-electron chi connectivity index (χ4n) is 2.28. The molecule has 1 unspecified atom stereocenters. The molecule has 1 aliphatic rings. The second-order valence-electron chi connectivity index (χ2n) is 5.04. The third-order valence-electron chi connectivity index (χ3n) is 3.58. The molecule has 1 saturated carbocycles. The first-order valence-electron chi connectivity index (χ1n) is 7.06. The van der Waals surface area contributed by atoms with Crippen molar-refractivity contribution < 1.29 is 14.7 Å². The minimum atomic E-state index is -0.667. The van der Waals surface area contributed by atoms with Crippen molar-refractivity contribution in [2.45, 2.75) is 44.2 Å². The molecule has 0 spiro atoms. The first-order valence-corrected chi connectivity index (χ1v) is 8.45. The predicted octanol–water partition coefficient (Wildman–Crippen LogP) is 0.540. The maximum absolute atomic E-state index is 12.6. The Morgan fingerprint density at radius 2 is 2.20 bits per heavy atom. The maximum Gasteiger partial charge on any atom is 0.312 e. The summed E-state index contributed by atoms with van der Waals surface area (Å²) >= 11 is 1.63. The minimum Gasteiger partial charge on any atom is -0.396 e. The third kappa shape index (κ3) is 5.20. The Kier molecular flexibility index (Phi) is 7.76. The van der Waals surface area contributed by atoms with Crippen LogP contribution in [0.3, 0.4) is 0 Å². The lowest BCUT2D eigenvalue weighted by molar-refractivity contribution is -0.137. The predicted molar refractivity (Wildman–Crippen MR) is 80.6 cm³/mol. The molecular formula is C13H25N3O3S. The first-order chi connectivity index (χ1) is 9.60. The number of urea groups is 1. The highest BCUT2D eigenvalue weighted by Gasteiger charge is 2.32. The molecule has 20 heavy (non-hydrogen) atoms. The highest BCUT2D eigenvalue weighted by atomic mass is 32.2. The van der Waals surface area contributed by atoms with Gasteiger partial charge in [-0.15, -0.1) is 0 Å². The number of nitrogens with zero attached hydrogens (tertiary/aromatic N) is 1. The van der Waals surface area contributed by atoms with Gasteiger partial charge in [0, 0.05) is 19.2 Å². The number of aliphatic hydroxyl groups is 1. The van der Waals surface area contributed by atoms with Gasteiger partial charge in [-0.3, -0.25) is 4.79 Å². The number of carbonyl (C=O) groups excluding carboxylic acids is 2. The van der Waals surface area contributed by atoms with Crippen molar-refractivity contribution in [1.29, 1.82) is 0 Å². The van der Waals surface area contributed by atoms with Crippen molar-refractivity contribution in [1.82, 2.24) is 10.2 Å². The van der Waals surface area contributed by atoms with E-state index in [2.05, 4.69) is 5.32 Å². The van der Waals surface area contributed by atoms with E-state index in [1.165, 1.54) is 0 Å². The molecule has 0 radical (unpaired) electrons. The van der Waals surface area contributed by atoms with Gasteiger partial charge < -0.3 is 21.1 Å². The van der Waals surface area contributed by atoms with E-state index in [9.17, 15) is 9.59 Å². The number of rotatable bonds is 9. The highest BCUT2D eigenvalue weighted by Crippen LogP contribution is 2.26. The second kappa shape index (κ2) is 9.07. The molecule has 116 valence electrons. The Balaban J connectivity index is 2.67. The number of amides is 3. The van der Waals surface area contributed by atoms with Crippen LogP contribution >= 0.6 is 11.8 Å². The van der Waals surface area contributed by atoms with E-state index in [-0.39, 0.29) is 18.6 Å². The Morgan fingerprint density at radius 1 is 1.50 bits per heavy atom. The number of primary amides is 1. The van der Waals surface area contributed by atoms with E-state index in [4.69, 9.17) is 10.8 Å². The average Bonchev–Trinajstić information content (AvgIpc) is 2.35. The van der Waals surface area contributed by atoms with E-state index >= 15 is 0 Å². The number of carbonyl (C=O) groups is 2. The standard InChI is InChI=1S/C13H25N3O3S/c1-20-9-6-11(15-13(14)19)12(18)16(7-3-8-17)10-4-2-5-10/h10-11,17H,2-9H2,1H3,(H3,14,15,19). The van der Waals surface area contributed by atoms with Gasteiger partial charge in [0.15, 0.2) is 0 Å². The topological polar surface area (TPSA) is 95.7 Å². The van der Waals surface area contributed by atoms with Gasteiger partial charge in [0.25, 0.3) is 0 Å². The van der Waals surface area contributed by atoms with Crippen LogP contribution in [-0.4, -0.2) is 59.2 Å². The molecule has 0 aromatic heterocycles. The summed E-state index contributed by atoms with van der Waals surface area (Å²) in [6.07, 6.45) is 6.24. The van der Waals surface area contributed by atoms with Crippen LogP contribution in [0.5, 0.6) is 0 Å². The molecular weight excluding hydrogens is 278 g/mol. The molecule has 1 aliphatic carbocycles. The number of nitrogens with one attached hydrogen (secondary N) is 1. The monoisotopic (exact) mass is 303 g/mol. The summed E-state index contributed by atoms with van der Waals surface area (Å²) < 4.78 is 0. The van der Waals surface area contributed by atoms with Crippen LogP contribution in [-0.2, 0) is 4.79 Å². The second-order valence-corrected chi connectivity index (χ2v) is 6.02. The molecule has 4 N–H and O–H groups in total. The highest BCUT2D eigenvalue weighted by molar-refractivity contribution is 7.98. The van der Waals surface area contributed by atoms with Crippen LogP contribution in [0.15, 0.2) is 0 Å². The largest absolute Gasteiger partial charge is 0.396 e. The van der Waals surface area contributed by atoms with E-state index < -0.39 is 12.1 Å². The maximum atomic E-state index is 12.6. The zero-order valence-electron chi connectivity index (χ0n) is 12.0.